The third-order valence-corrected chi connectivity index (χ3v) is 2.98. The highest BCUT2D eigenvalue weighted by Gasteiger charge is 2.10. The van der Waals surface area contributed by atoms with E-state index in [1.165, 1.54) is 5.56 Å². The van der Waals surface area contributed by atoms with E-state index in [-0.39, 0.29) is 0 Å². The number of benzene rings is 1. The Morgan fingerprint density at radius 2 is 2.05 bits per heavy atom. The van der Waals surface area contributed by atoms with Gasteiger partial charge in [0, 0.05) is 19.8 Å². The topological polar surface area (TPSA) is 37.4 Å². The summed E-state index contributed by atoms with van der Waals surface area (Å²) in [6, 6.07) is 12.0. The summed E-state index contributed by atoms with van der Waals surface area (Å²) in [5.41, 5.74) is 2.20. The van der Waals surface area contributed by atoms with E-state index in [2.05, 4.69) is 16.4 Å². The molecule has 0 unspecified atom stereocenters. The molecule has 0 radical (unpaired) electrons. The maximum atomic E-state index is 5.38. The Kier molecular flexibility index (Phi) is 4.36. The molecule has 0 atom stereocenters. The normalized spacial score (nSPS) is 10.3. The molecule has 0 spiro atoms. The minimum absolute atomic E-state index is 0.829. The fraction of sp³-hybridized carbons (Fsp3) is 0.267. The molecule has 19 heavy (non-hydrogen) atoms. The van der Waals surface area contributed by atoms with Crippen molar-refractivity contribution in [3.05, 3.63) is 48.2 Å². The third-order valence-electron chi connectivity index (χ3n) is 2.98. The summed E-state index contributed by atoms with van der Waals surface area (Å²) in [7, 11) is 5.60. The molecule has 2 aromatic rings. The van der Waals surface area contributed by atoms with Crippen molar-refractivity contribution in [2.24, 2.45) is 0 Å². The Morgan fingerprint density at radius 1 is 1.26 bits per heavy atom. The van der Waals surface area contributed by atoms with Gasteiger partial charge in [-0.05, 0) is 36.9 Å². The molecule has 0 aliphatic rings. The van der Waals surface area contributed by atoms with Crippen molar-refractivity contribution < 1.29 is 4.74 Å². The van der Waals surface area contributed by atoms with Crippen molar-refractivity contribution in [2.75, 3.05) is 26.1 Å². The van der Waals surface area contributed by atoms with Crippen molar-refractivity contribution in [3.63, 3.8) is 0 Å². The SMILES string of the molecule is CNCc1ccnc(N(C)c2ccccc2OC)c1. The molecule has 1 aromatic heterocycles. The van der Waals surface area contributed by atoms with E-state index >= 15 is 0 Å². The summed E-state index contributed by atoms with van der Waals surface area (Å²) >= 11 is 0. The fourth-order valence-electron chi connectivity index (χ4n) is 1.99. The number of nitrogens with zero attached hydrogens (tertiary/aromatic N) is 2. The van der Waals surface area contributed by atoms with Crippen molar-refractivity contribution in [3.8, 4) is 5.75 Å². The summed E-state index contributed by atoms with van der Waals surface area (Å²) in [6.07, 6.45) is 1.83. The molecule has 0 saturated carbocycles. The highest BCUT2D eigenvalue weighted by Crippen LogP contribution is 2.31. The van der Waals surface area contributed by atoms with Crippen LogP contribution in [-0.4, -0.2) is 26.2 Å². The highest BCUT2D eigenvalue weighted by atomic mass is 16.5. The first-order valence-corrected chi connectivity index (χ1v) is 6.22. The molecule has 2 rings (SSSR count). The average molecular weight is 257 g/mol. The van der Waals surface area contributed by atoms with E-state index in [0.717, 1.165) is 23.8 Å². The second-order valence-electron chi connectivity index (χ2n) is 4.28. The van der Waals surface area contributed by atoms with Crippen LogP contribution < -0.4 is 15.0 Å². The van der Waals surface area contributed by atoms with E-state index < -0.39 is 0 Å². The monoisotopic (exact) mass is 257 g/mol. The average Bonchev–Trinajstić information content (AvgIpc) is 2.47. The molecule has 0 fully saturated rings. The van der Waals surface area contributed by atoms with Gasteiger partial charge in [0.1, 0.15) is 11.6 Å². The van der Waals surface area contributed by atoms with Crippen LogP contribution in [0.1, 0.15) is 5.56 Å². The van der Waals surface area contributed by atoms with E-state index in [1.807, 2.05) is 55.5 Å². The van der Waals surface area contributed by atoms with Crippen LogP contribution in [0, 0.1) is 0 Å². The zero-order valence-electron chi connectivity index (χ0n) is 11.6. The minimum Gasteiger partial charge on any atom is -0.495 e. The molecule has 100 valence electrons. The van der Waals surface area contributed by atoms with Crippen LogP contribution in [-0.2, 0) is 6.54 Å². The number of ether oxygens (including phenoxy) is 1. The van der Waals surface area contributed by atoms with Gasteiger partial charge in [-0.1, -0.05) is 12.1 Å². The zero-order valence-corrected chi connectivity index (χ0v) is 11.6. The maximum absolute atomic E-state index is 5.38. The predicted octanol–water partition coefficient (Wildman–Crippen LogP) is 2.58. The van der Waals surface area contributed by atoms with Gasteiger partial charge in [-0.2, -0.15) is 0 Å². The number of pyridine rings is 1. The number of hydrogen-bond acceptors (Lipinski definition) is 4. The summed E-state index contributed by atoms with van der Waals surface area (Å²) < 4.78 is 5.38. The van der Waals surface area contributed by atoms with Gasteiger partial charge in [-0.25, -0.2) is 4.98 Å². The fourth-order valence-corrected chi connectivity index (χ4v) is 1.99. The molecule has 4 nitrogen and oxygen atoms in total. The first-order chi connectivity index (χ1) is 9.26. The lowest BCUT2D eigenvalue weighted by molar-refractivity contribution is 0.415. The van der Waals surface area contributed by atoms with Crippen LogP contribution >= 0.6 is 0 Å². The minimum atomic E-state index is 0.829. The number of rotatable bonds is 5. The van der Waals surface area contributed by atoms with E-state index in [4.69, 9.17) is 4.74 Å². The Balaban J connectivity index is 2.32. The molecule has 1 N–H and O–H groups in total. The van der Waals surface area contributed by atoms with Gasteiger partial charge in [-0.3, -0.25) is 0 Å². The molecule has 0 amide bonds. The number of para-hydroxylation sites is 2. The summed E-state index contributed by atoms with van der Waals surface area (Å²) in [5.74, 6) is 1.74. The molecular formula is C15H19N3O. The molecule has 0 bridgehead atoms. The third kappa shape index (κ3) is 3.03. The predicted molar refractivity (Wildman–Crippen MR) is 78.1 cm³/mol. The van der Waals surface area contributed by atoms with Gasteiger partial charge < -0.3 is 15.0 Å². The van der Waals surface area contributed by atoms with Gasteiger partial charge in [0.05, 0.1) is 12.8 Å². The number of hydrogen-bond donors (Lipinski definition) is 1. The molecule has 0 aliphatic heterocycles. The van der Waals surface area contributed by atoms with E-state index in [9.17, 15) is 0 Å². The number of aromatic nitrogens is 1. The number of nitrogens with one attached hydrogen (secondary N) is 1. The van der Waals surface area contributed by atoms with Gasteiger partial charge in [0.15, 0.2) is 0 Å². The zero-order chi connectivity index (χ0) is 13.7. The Bertz CT molecular complexity index is 542. The van der Waals surface area contributed by atoms with Crippen molar-refractivity contribution in [1.82, 2.24) is 10.3 Å². The number of anilines is 2. The van der Waals surface area contributed by atoms with Crippen molar-refractivity contribution in [2.45, 2.75) is 6.54 Å². The molecule has 1 heterocycles. The smallest absolute Gasteiger partial charge is 0.142 e. The summed E-state index contributed by atoms with van der Waals surface area (Å²) in [4.78, 5) is 6.44. The van der Waals surface area contributed by atoms with E-state index in [1.54, 1.807) is 7.11 Å². The van der Waals surface area contributed by atoms with E-state index in [0.29, 0.717) is 0 Å². The quantitative estimate of drug-likeness (QED) is 0.893. The van der Waals surface area contributed by atoms with Gasteiger partial charge >= 0.3 is 0 Å². The van der Waals surface area contributed by atoms with Gasteiger partial charge in [0.25, 0.3) is 0 Å². The Morgan fingerprint density at radius 3 is 2.79 bits per heavy atom. The lowest BCUT2D eigenvalue weighted by Gasteiger charge is -2.21. The van der Waals surface area contributed by atoms with Gasteiger partial charge in [-0.15, -0.1) is 0 Å². The first kappa shape index (κ1) is 13.4. The van der Waals surface area contributed by atoms with Crippen molar-refractivity contribution in [1.29, 1.82) is 0 Å². The second-order valence-corrected chi connectivity index (χ2v) is 4.28. The van der Waals surface area contributed by atoms with Crippen LogP contribution in [0.15, 0.2) is 42.6 Å². The highest BCUT2D eigenvalue weighted by molar-refractivity contribution is 5.66. The second kappa shape index (κ2) is 6.20. The van der Waals surface area contributed by atoms with Crippen LogP contribution in [0.4, 0.5) is 11.5 Å². The van der Waals surface area contributed by atoms with Crippen LogP contribution in [0.5, 0.6) is 5.75 Å². The lowest BCUT2D eigenvalue weighted by Crippen LogP contribution is -2.13. The maximum Gasteiger partial charge on any atom is 0.142 e. The van der Waals surface area contributed by atoms with Crippen LogP contribution in [0.3, 0.4) is 0 Å². The van der Waals surface area contributed by atoms with Crippen LogP contribution in [0.25, 0.3) is 0 Å². The standard InChI is InChI=1S/C15H19N3O/c1-16-11-12-8-9-17-15(10-12)18(2)13-6-4-5-7-14(13)19-3/h4-10,16H,11H2,1-3H3. The largest absolute Gasteiger partial charge is 0.495 e. The first-order valence-electron chi connectivity index (χ1n) is 6.22. The summed E-state index contributed by atoms with van der Waals surface area (Å²) in [6.45, 7) is 0.829. The molecule has 0 aliphatic carbocycles. The molecular weight excluding hydrogens is 238 g/mol. The molecule has 4 heteroatoms. The summed E-state index contributed by atoms with van der Waals surface area (Å²) in [5, 5.41) is 3.14. The lowest BCUT2D eigenvalue weighted by atomic mass is 10.2. The van der Waals surface area contributed by atoms with Crippen LogP contribution in [0.2, 0.25) is 0 Å². The molecule has 0 saturated heterocycles. The van der Waals surface area contributed by atoms with Crippen molar-refractivity contribution >= 4 is 11.5 Å². The molecule has 1 aromatic carbocycles. The number of methoxy groups -OCH3 is 1. The van der Waals surface area contributed by atoms with Gasteiger partial charge in [0.2, 0.25) is 0 Å². The Hall–Kier alpha value is -2.07. The Labute approximate surface area is 114 Å².